The molecule has 0 aromatic carbocycles. The number of amides is 1. The summed E-state index contributed by atoms with van der Waals surface area (Å²) < 4.78 is 0. The van der Waals surface area contributed by atoms with Crippen LogP contribution in [-0.2, 0) is 4.79 Å². The Hall–Kier alpha value is -1.65. The zero-order valence-electron chi connectivity index (χ0n) is 7.69. The summed E-state index contributed by atoms with van der Waals surface area (Å²) in [6.07, 6.45) is 2.88. The summed E-state index contributed by atoms with van der Waals surface area (Å²) in [7, 11) is 0. The van der Waals surface area contributed by atoms with Crippen molar-refractivity contribution in [2.75, 3.05) is 13.1 Å². The molecule has 0 radical (unpaired) electrons. The molecule has 0 aliphatic carbocycles. The summed E-state index contributed by atoms with van der Waals surface area (Å²) >= 11 is 0. The van der Waals surface area contributed by atoms with Gasteiger partial charge in [0.2, 0.25) is 0 Å². The molecular formula is C9H11N3O2. The molecule has 1 aliphatic rings. The lowest BCUT2D eigenvalue weighted by atomic mass is 10.1. The van der Waals surface area contributed by atoms with Crippen LogP contribution in [0.4, 0.5) is 0 Å². The average Bonchev–Trinajstić information content (AvgIpc) is 2.69. The Kier molecular flexibility index (Phi) is 2.30. The predicted octanol–water partition coefficient (Wildman–Crippen LogP) is 0.215. The molecule has 74 valence electrons. The number of piperidine rings is 1. The topological polar surface area (TPSA) is 66.1 Å². The molecule has 0 atom stereocenters. The highest BCUT2D eigenvalue weighted by Crippen LogP contribution is 2.09. The Morgan fingerprint density at radius 3 is 3.07 bits per heavy atom. The molecule has 1 fully saturated rings. The number of likely N-dealkylation sites (tertiary alicyclic amines) is 1. The van der Waals surface area contributed by atoms with Crippen molar-refractivity contribution in [3.8, 4) is 0 Å². The first-order chi connectivity index (χ1) is 6.77. The molecule has 0 saturated carbocycles. The average molecular weight is 193 g/mol. The van der Waals surface area contributed by atoms with Gasteiger partial charge in [-0.15, -0.1) is 0 Å². The van der Waals surface area contributed by atoms with Crippen LogP contribution in [0, 0.1) is 0 Å². The minimum absolute atomic E-state index is 0.129. The molecule has 5 nitrogen and oxygen atoms in total. The van der Waals surface area contributed by atoms with E-state index in [-0.39, 0.29) is 18.2 Å². The molecule has 1 amide bonds. The van der Waals surface area contributed by atoms with Gasteiger partial charge in [-0.1, -0.05) is 0 Å². The number of nitrogens with zero attached hydrogens (tertiary/aromatic N) is 2. The molecule has 2 heterocycles. The molecule has 1 saturated heterocycles. The number of hydrogen-bond acceptors (Lipinski definition) is 3. The van der Waals surface area contributed by atoms with E-state index in [2.05, 4.69) is 10.2 Å². The van der Waals surface area contributed by atoms with Crippen LogP contribution >= 0.6 is 0 Å². The van der Waals surface area contributed by atoms with Crippen LogP contribution in [0.3, 0.4) is 0 Å². The van der Waals surface area contributed by atoms with Crippen LogP contribution in [0.5, 0.6) is 0 Å². The van der Waals surface area contributed by atoms with E-state index < -0.39 is 0 Å². The molecule has 1 aromatic heterocycles. The van der Waals surface area contributed by atoms with Crippen molar-refractivity contribution in [1.29, 1.82) is 0 Å². The third-order valence-corrected chi connectivity index (χ3v) is 2.27. The van der Waals surface area contributed by atoms with Crippen molar-refractivity contribution < 1.29 is 9.59 Å². The second-order valence-corrected chi connectivity index (χ2v) is 3.34. The number of Topliss-reactive ketones (excluding diaryl/α,β-unsaturated/α-hetero) is 1. The number of H-pyrrole nitrogens is 1. The van der Waals surface area contributed by atoms with Gasteiger partial charge >= 0.3 is 0 Å². The predicted molar refractivity (Wildman–Crippen MR) is 48.7 cm³/mol. The number of aromatic amines is 1. The van der Waals surface area contributed by atoms with E-state index in [0.29, 0.717) is 18.7 Å². The number of rotatable bonds is 1. The van der Waals surface area contributed by atoms with Gasteiger partial charge in [0.1, 0.15) is 5.69 Å². The zero-order chi connectivity index (χ0) is 9.97. The van der Waals surface area contributed by atoms with Gasteiger partial charge in [-0.2, -0.15) is 5.10 Å². The maximum Gasteiger partial charge on any atom is 0.272 e. The molecule has 0 bridgehead atoms. The van der Waals surface area contributed by atoms with E-state index in [4.69, 9.17) is 0 Å². The Morgan fingerprint density at radius 2 is 2.43 bits per heavy atom. The van der Waals surface area contributed by atoms with Gasteiger partial charge in [0.15, 0.2) is 5.78 Å². The Balaban J connectivity index is 2.08. The minimum Gasteiger partial charge on any atom is -0.330 e. The second-order valence-electron chi connectivity index (χ2n) is 3.34. The maximum atomic E-state index is 11.7. The Labute approximate surface area is 81.1 Å². The van der Waals surface area contributed by atoms with Crippen LogP contribution in [0.15, 0.2) is 12.3 Å². The summed E-state index contributed by atoms with van der Waals surface area (Å²) in [5.41, 5.74) is 0.444. The third kappa shape index (κ3) is 1.66. The first kappa shape index (κ1) is 8.93. The molecule has 1 aromatic rings. The van der Waals surface area contributed by atoms with Crippen LogP contribution in [0.25, 0.3) is 0 Å². The number of nitrogens with one attached hydrogen (secondary N) is 1. The number of carbonyl (C=O) groups is 2. The van der Waals surface area contributed by atoms with E-state index in [1.54, 1.807) is 11.0 Å². The van der Waals surface area contributed by atoms with Gasteiger partial charge in [-0.25, -0.2) is 0 Å². The standard InChI is InChI=1S/C9H11N3O2/c13-7-2-1-5-12(6-7)9(14)8-3-4-10-11-8/h3-4H,1-2,5-6H2,(H,10,11). The van der Waals surface area contributed by atoms with E-state index in [1.165, 1.54) is 6.20 Å². The van der Waals surface area contributed by atoms with E-state index in [1.807, 2.05) is 0 Å². The third-order valence-electron chi connectivity index (χ3n) is 2.27. The molecule has 5 heteroatoms. The lowest BCUT2D eigenvalue weighted by molar-refractivity contribution is -0.121. The molecule has 14 heavy (non-hydrogen) atoms. The van der Waals surface area contributed by atoms with Crippen molar-refractivity contribution in [1.82, 2.24) is 15.1 Å². The van der Waals surface area contributed by atoms with E-state index >= 15 is 0 Å². The van der Waals surface area contributed by atoms with Gasteiger partial charge in [0.05, 0.1) is 6.54 Å². The van der Waals surface area contributed by atoms with Gasteiger partial charge in [-0.05, 0) is 12.5 Å². The quantitative estimate of drug-likeness (QED) is 0.693. The fourth-order valence-corrected chi connectivity index (χ4v) is 1.56. The van der Waals surface area contributed by atoms with Gasteiger partial charge in [0, 0.05) is 19.2 Å². The maximum absolute atomic E-state index is 11.7. The summed E-state index contributed by atoms with van der Waals surface area (Å²) in [6, 6.07) is 1.61. The lowest BCUT2D eigenvalue weighted by Gasteiger charge is -2.24. The number of carbonyl (C=O) groups excluding carboxylic acids is 2. The van der Waals surface area contributed by atoms with Crippen LogP contribution in [0.1, 0.15) is 23.3 Å². The van der Waals surface area contributed by atoms with E-state index in [9.17, 15) is 9.59 Å². The first-order valence-electron chi connectivity index (χ1n) is 4.58. The number of aromatic nitrogens is 2. The number of ketones is 1. The monoisotopic (exact) mass is 193 g/mol. The summed E-state index contributed by atoms with van der Waals surface area (Å²) in [6.45, 7) is 0.890. The second kappa shape index (κ2) is 3.61. The van der Waals surface area contributed by atoms with Crippen LogP contribution < -0.4 is 0 Å². The highest BCUT2D eigenvalue weighted by atomic mass is 16.2. The van der Waals surface area contributed by atoms with E-state index in [0.717, 1.165) is 6.42 Å². The minimum atomic E-state index is -0.143. The lowest BCUT2D eigenvalue weighted by Crippen LogP contribution is -2.40. The molecule has 2 rings (SSSR count). The molecule has 0 unspecified atom stereocenters. The summed E-state index contributed by atoms with van der Waals surface area (Å²) in [5, 5.41) is 6.30. The fraction of sp³-hybridized carbons (Fsp3) is 0.444. The van der Waals surface area contributed by atoms with Crippen LogP contribution in [-0.4, -0.2) is 39.9 Å². The number of hydrogen-bond donors (Lipinski definition) is 1. The van der Waals surface area contributed by atoms with Crippen molar-refractivity contribution in [2.24, 2.45) is 0 Å². The molecular weight excluding hydrogens is 182 g/mol. The SMILES string of the molecule is O=C1CCCN(C(=O)c2ccn[nH]2)C1. The Bertz CT molecular complexity index is 345. The van der Waals surface area contributed by atoms with Crippen molar-refractivity contribution in [3.63, 3.8) is 0 Å². The molecule has 0 spiro atoms. The normalized spacial score (nSPS) is 17.1. The van der Waals surface area contributed by atoms with Gasteiger partial charge < -0.3 is 4.90 Å². The fourth-order valence-electron chi connectivity index (χ4n) is 1.56. The molecule has 1 aliphatic heterocycles. The van der Waals surface area contributed by atoms with Crippen molar-refractivity contribution in [3.05, 3.63) is 18.0 Å². The summed E-state index contributed by atoms with van der Waals surface area (Å²) in [5.74, 6) is -0.0142. The van der Waals surface area contributed by atoms with Crippen LogP contribution in [0.2, 0.25) is 0 Å². The zero-order valence-corrected chi connectivity index (χ0v) is 7.69. The smallest absolute Gasteiger partial charge is 0.272 e. The van der Waals surface area contributed by atoms with Crippen molar-refractivity contribution >= 4 is 11.7 Å². The largest absolute Gasteiger partial charge is 0.330 e. The Morgan fingerprint density at radius 1 is 1.57 bits per heavy atom. The summed E-state index contributed by atoms with van der Waals surface area (Å²) in [4.78, 5) is 24.4. The highest BCUT2D eigenvalue weighted by molar-refractivity contribution is 5.95. The van der Waals surface area contributed by atoms with Gasteiger partial charge in [0.25, 0.3) is 5.91 Å². The molecule has 1 N–H and O–H groups in total. The van der Waals surface area contributed by atoms with Gasteiger partial charge in [-0.3, -0.25) is 14.7 Å². The van der Waals surface area contributed by atoms with Crippen molar-refractivity contribution in [2.45, 2.75) is 12.8 Å². The first-order valence-corrected chi connectivity index (χ1v) is 4.58. The highest BCUT2D eigenvalue weighted by Gasteiger charge is 2.22.